The summed E-state index contributed by atoms with van der Waals surface area (Å²) in [6.45, 7) is 9.37. The van der Waals surface area contributed by atoms with E-state index in [9.17, 15) is 0 Å². The maximum atomic E-state index is 5.91. The molecular formula is C12H24N4. The van der Waals surface area contributed by atoms with E-state index >= 15 is 0 Å². The molecule has 0 aliphatic heterocycles. The lowest BCUT2D eigenvalue weighted by Crippen LogP contribution is -2.33. The molecule has 4 heteroatoms. The van der Waals surface area contributed by atoms with Gasteiger partial charge in [-0.25, -0.2) is 9.67 Å². The second-order valence-corrected chi connectivity index (χ2v) is 4.80. The van der Waals surface area contributed by atoms with Gasteiger partial charge < -0.3 is 5.73 Å². The molecule has 1 aromatic heterocycles. The summed E-state index contributed by atoms with van der Waals surface area (Å²) in [5.74, 6) is 1.06. The van der Waals surface area contributed by atoms with Gasteiger partial charge in [-0.3, -0.25) is 0 Å². The quantitative estimate of drug-likeness (QED) is 0.805. The van der Waals surface area contributed by atoms with Gasteiger partial charge in [-0.1, -0.05) is 13.8 Å². The van der Waals surface area contributed by atoms with Gasteiger partial charge in [0.1, 0.15) is 12.2 Å². The molecule has 0 aliphatic carbocycles. The first-order valence-electron chi connectivity index (χ1n) is 6.17. The lowest BCUT2D eigenvalue weighted by Gasteiger charge is -2.30. The molecule has 0 atom stereocenters. The van der Waals surface area contributed by atoms with Gasteiger partial charge in [0.05, 0.1) is 0 Å². The molecule has 1 heterocycles. The van der Waals surface area contributed by atoms with Crippen molar-refractivity contribution >= 4 is 0 Å². The minimum absolute atomic E-state index is 0.180. The Kier molecular flexibility index (Phi) is 4.47. The second kappa shape index (κ2) is 5.43. The molecule has 1 rings (SSSR count). The SMILES string of the molecule is CCC(CC)(CN)Cc1ncnn1C(C)C. The number of hydrogen-bond donors (Lipinski definition) is 1. The summed E-state index contributed by atoms with van der Waals surface area (Å²) in [5, 5.41) is 4.27. The Bertz CT molecular complexity index is 304. The zero-order valence-electron chi connectivity index (χ0n) is 10.9. The van der Waals surface area contributed by atoms with Crippen LogP contribution in [0.3, 0.4) is 0 Å². The molecule has 0 spiro atoms. The van der Waals surface area contributed by atoms with Gasteiger partial charge in [0, 0.05) is 12.5 Å². The van der Waals surface area contributed by atoms with Crippen LogP contribution < -0.4 is 5.73 Å². The highest BCUT2D eigenvalue weighted by Gasteiger charge is 2.27. The van der Waals surface area contributed by atoms with E-state index in [2.05, 4.69) is 37.8 Å². The minimum Gasteiger partial charge on any atom is -0.330 e. The van der Waals surface area contributed by atoms with Crippen molar-refractivity contribution in [3.05, 3.63) is 12.2 Å². The molecule has 0 fully saturated rings. The third-order valence-corrected chi connectivity index (χ3v) is 3.60. The van der Waals surface area contributed by atoms with Crippen LogP contribution in [0.2, 0.25) is 0 Å². The number of aromatic nitrogens is 3. The summed E-state index contributed by atoms with van der Waals surface area (Å²) >= 11 is 0. The maximum Gasteiger partial charge on any atom is 0.138 e. The van der Waals surface area contributed by atoms with Crippen molar-refractivity contribution in [2.24, 2.45) is 11.1 Å². The van der Waals surface area contributed by atoms with E-state index in [1.54, 1.807) is 6.33 Å². The van der Waals surface area contributed by atoms with Gasteiger partial charge in [-0.05, 0) is 38.6 Å². The van der Waals surface area contributed by atoms with Crippen LogP contribution in [0.25, 0.3) is 0 Å². The minimum atomic E-state index is 0.180. The van der Waals surface area contributed by atoms with Crippen LogP contribution >= 0.6 is 0 Å². The molecule has 0 bridgehead atoms. The summed E-state index contributed by atoms with van der Waals surface area (Å²) in [5.41, 5.74) is 6.09. The van der Waals surface area contributed by atoms with Gasteiger partial charge in [-0.2, -0.15) is 5.10 Å². The maximum absolute atomic E-state index is 5.91. The summed E-state index contributed by atoms with van der Waals surface area (Å²) < 4.78 is 2.00. The summed E-state index contributed by atoms with van der Waals surface area (Å²) in [6.07, 6.45) is 4.74. The molecule has 2 N–H and O–H groups in total. The Morgan fingerprint density at radius 1 is 1.38 bits per heavy atom. The molecule has 4 nitrogen and oxygen atoms in total. The lowest BCUT2D eigenvalue weighted by molar-refractivity contribution is 0.258. The standard InChI is InChI=1S/C12H24N4/c1-5-12(6-2,8-13)7-11-14-9-15-16(11)10(3)4/h9-10H,5-8,13H2,1-4H3. The van der Waals surface area contributed by atoms with Crippen molar-refractivity contribution < 1.29 is 0 Å². The van der Waals surface area contributed by atoms with E-state index in [0.717, 1.165) is 25.1 Å². The number of rotatable bonds is 6. The third-order valence-electron chi connectivity index (χ3n) is 3.60. The van der Waals surface area contributed by atoms with Gasteiger partial charge >= 0.3 is 0 Å². The fourth-order valence-corrected chi connectivity index (χ4v) is 2.03. The number of hydrogen-bond acceptors (Lipinski definition) is 3. The van der Waals surface area contributed by atoms with Crippen molar-refractivity contribution in [2.45, 2.75) is 53.0 Å². The first-order valence-corrected chi connectivity index (χ1v) is 6.17. The number of nitrogens with zero attached hydrogens (tertiary/aromatic N) is 3. The topological polar surface area (TPSA) is 56.7 Å². The van der Waals surface area contributed by atoms with E-state index in [1.165, 1.54) is 0 Å². The van der Waals surface area contributed by atoms with Gasteiger partial charge in [0.2, 0.25) is 0 Å². The molecule has 0 amide bonds. The van der Waals surface area contributed by atoms with Crippen LogP contribution in [0.1, 0.15) is 52.4 Å². The Morgan fingerprint density at radius 3 is 2.44 bits per heavy atom. The predicted octanol–water partition coefficient (Wildman–Crippen LogP) is 2.17. The van der Waals surface area contributed by atoms with Crippen LogP contribution in [0.4, 0.5) is 0 Å². The normalized spacial score (nSPS) is 12.4. The van der Waals surface area contributed by atoms with Gasteiger partial charge in [0.25, 0.3) is 0 Å². The average Bonchev–Trinajstić information content (AvgIpc) is 2.74. The van der Waals surface area contributed by atoms with Crippen LogP contribution in [0.5, 0.6) is 0 Å². The molecule has 16 heavy (non-hydrogen) atoms. The van der Waals surface area contributed by atoms with Gasteiger partial charge in [-0.15, -0.1) is 0 Å². The zero-order chi connectivity index (χ0) is 12.2. The van der Waals surface area contributed by atoms with Crippen LogP contribution in [0.15, 0.2) is 6.33 Å². The Hall–Kier alpha value is -0.900. The van der Waals surface area contributed by atoms with E-state index in [0.29, 0.717) is 12.6 Å². The zero-order valence-corrected chi connectivity index (χ0v) is 10.9. The largest absolute Gasteiger partial charge is 0.330 e. The van der Waals surface area contributed by atoms with Crippen LogP contribution in [0, 0.1) is 5.41 Å². The summed E-state index contributed by atoms with van der Waals surface area (Å²) in [7, 11) is 0. The van der Waals surface area contributed by atoms with Crippen molar-refractivity contribution in [1.29, 1.82) is 0 Å². The highest BCUT2D eigenvalue weighted by Crippen LogP contribution is 2.29. The molecule has 0 unspecified atom stereocenters. The van der Waals surface area contributed by atoms with Crippen LogP contribution in [-0.4, -0.2) is 21.3 Å². The average molecular weight is 224 g/mol. The van der Waals surface area contributed by atoms with Crippen molar-refractivity contribution in [3.8, 4) is 0 Å². The molecule has 0 saturated heterocycles. The molecular weight excluding hydrogens is 200 g/mol. The van der Waals surface area contributed by atoms with Crippen molar-refractivity contribution in [1.82, 2.24) is 14.8 Å². The van der Waals surface area contributed by atoms with E-state index < -0.39 is 0 Å². The fraction of sp³-hybridized carbons (Fsp3) is 0.833. The molecule has 0 saturated carbocycles. The Morgan fingerprint density at radius 2 is 2.00 bits per heavy atom. The monoisotopic (exact) mass is 224 g/mol. The van der Waals surface area contributed by atoms with Crippen molar-refractivity contribution in [2.75, 3.05) is 6.54 Å². The molecule has 0 radical (unpaired) electrons. The van der Waals surface area contributed by atoms with Gasteiger partial charge in [0.15, 0.2) is 0 Å². The van der Waals surface area contributed by atoms with E-state index in [1.807, 2.05) is 4.68 Å². The molecule has 92 valence electrons. The van der Waals surface area contributed by atoms with E-state index in [-0.39, 0.29) is 5.41 Å². The smallest absolute Gasteiger partial charge is 0.138 e. The highest BCUT2D eigenvalue weighted by atomic mass is 15.3. The first kappa shape index (κ1) is 13.2. The first-order chi connectivity index (χ1) is 7.58. The molecule has 1 aromatic rings. The number of nitrogens with two attached hydrogens (primary N) is 1. The lowest BCUT2D eigenvalue weighted by atomic mass is 9.79. The second-order valence-electron chi connectivity index (χ2n) is 4.80. The van der Waals surface area contributed by atoms with Crippen LogP contribution in [-0.2, 0) is 6.42 Å². The highest BCUT2D eigenvalue weighted by molar-refractivity contribution is 4.95. The molecule has 0 aliphatic rings. The fourth-order valence-electron chi connectivity index (χ4n) is 2.03. The van der Waals surface area contributed by atoms with Crippen molar-refractivity contribution in [3.63, 3.8) is 0 Å². The molecule has 0 aromatic carbocycles. The summed E-state index contributed by atoms with van der Waals surface area (Å²) in [6, 6.07) is 0.363. The Labute approximate surface area is 98.2 Å². The summed E-state index contributed by atoms with van der Waals surface area (Å²) in [4.78, 5) is 4.36. The Balaban J connectivity index is 2.89. The predicted molar refractivity (Wildman–Crippen MR) is 66.2 cm³/mol. The third kappa shape index (κ3) is 2.61. The van der Waals surface area contributed by atoms with E-state index in [4.69, 9.17) is 5.73 Å².